The molecule has 1 atom stereocenters. The molecule has 1 aliphatic rings. The van der Waals surface area contributed by atoms with E-state index in [-0.39, 0.29) is 5.91 Å². The Morgan fingerprint density at radius 3 is 2.89 bits per heavy atom. The van der Waals surface area contributed by atoms with Crippen molar-refractivity contribution < 1.29 is 4.79 Å². The second kappa shape index (κ2) is 5.50. The minimum absolute atomic E-state index is 0.0586. The number of likely N-dealkylation sites (N-methyl/N-ethyl adjacent to an activating group) is 1. The van der Waals surface area contributed by atoms with Gasteiger partial charge in [-0.15, -0.1) is 0 Å². The number of hydrogen-bond acceptors (Lipinski definition) is 3. The van der Waals surface area contributed by atoms with E-state index >= 15 is 0 Å². The van der Waals surface area contributed by atoms with Gasteiger partial charge >= 0.3 is 0 Å². The van der Waals surface area contributed by atoms with Crippen molar-refractivity contribution in [3.8, 4) is 0 Å². The van der Waals surface area contributed by atoms with Gasteiger partial charge in [0, 0.05) is 45.3 Å². The average Bonchev–Trinajstić information content (AvgIpc) is 2.38. The number of amides is 1. The molecule has 1 aliphatic heterocycles. The van der Waals surface area contributed by atoms with Crippen LogP contribution in [0.5, 0.6) is 0 Å². The molecule has 1 heterocycles. The first-order valence-corrected chi connectivity index (χ1v) is 6.32. The highest BCUT2D eigenvalue weighted by Crippen LogP contribution is 2.21. The molecule has 0 aliphatic carbocycles. The van der Waals surface area contributed by atoms with Gasteiger partial charge < -0.3 is 10.2 Å². The second-order valence-electron chi connectivity index (χ2n) is 5.03. The van der Waals surface area contributed by atoms with Gasteiger partial charge in [0.2, 0.25) is 0 Å². The smallest absolute Gasteiger partial charge is 0.253 e. The van der Waals surface area contributed by atoms with Crippen LogP contribution in [-0.4, -0.2) is 56.5 Å². The molecule has 2 rings (SSSR count). The van der Waals surface area contributed by atoms with Crippen LogP contribution in [0.4, 0.5) is 0 Å². The van der Waals surface area contributed by atoms with Gasteiger partial charge in [-0.3, -0.25) is 9.69 Å². The largest absolute Gasteiger partial charge is 0.345 e. The van der Waals surface area contributed by atoms with E-state index < -0.39 is 0 Å². The molecule has 4 heteroatoms. The van der Waals surface area contributed by atoms with E-state index in [0.717, 1.165) is 25.2 Å². The number of piperazine rings is 1. The van der Waals surface area contributed by atoms with Gasteiger partial charge in [0.15, 0.2) is 0 Å². The summed E-state index contributed by atoms with van der Waals surface area (Å²) >= 11 is 0. The summed E-state index contributed by atoms with van der Waals surface area (Å²) in [5.41, 5.74) is 1.97. The highest BCUT2D eigenvalue weighted by atomic mass is 16.2. The summed E-state index contributed by atoms with van der Waals surface area (Å²) < 4.78 is 0. The van der Waals surface area contributed by atoms with Crippen molar-refractivity contribution in [2.24, 2.45) is 0 Å². The fraction of sp³-hybridized carbons (Fsp3) is 0.500. The number of carbonyl (C=O) groups is 1. The van der Waals surface area contributed by atoms with Gasteiger partial charge in [0.1, 0.15) is 0 Å². The molecule has 98 valence electrons. The Labute approximate surface area is 109 Å². The monoisotopic (exact) mass is 247 g/mol. The number of nitrogens with one attached hydrogen (secondary N) is 1. The Morgan fingerprint density at radius 1 is 1.44 bits per heavy atom. The highest BCUT2D eigenvalue weighted by Gasteiger charge is 2.21. The molecule has 1 N–H and O–H groups in total. The van der Waals surface area contributed by atoms with Gasteiger partial charge in [-0.2, -0.15) is 0 Å². The molecule has 0 radical (unpaired) electrons. The van der Waals surface area contributed by atoms with Crippen molar-refractivity contribution in [2.45, 2.75) is 6.04 Å². The molecule has 1 amide bonds. The standard InChI is InChI=1S/C14H21N3O/c1-16(2)14(18)12-6-4-5-11(9-12)13-10-15-7-8-17(13)3/h4-6,9,13,15H,7-8,10H2,1-3H3/t13-/m0/s1. The first kappa shape index (κ1) is 13.1. The van der Waals surface area contributed by atoms with Crippen molar-refractivity contribution >= 4 is 5.91 Å². The Kier molecular flexibility index (Phi) is 3.99. The highest BCUT2D eigenvalue weighted by molar-refractivity contribution is 5.94. The molecule has 4 nitrogen and oxygen atoms in total. The van der Waals surface area contributed by atoms with E-state index in [2.05, 4.69) is 23.3 Å². The molecule has 0 unspecified atom stereocenters. The molecular formula is C14H21N3O. The first-order valence-electron chi connectivity index (χ1n) is 6.32. The average molecular weight is 247 g/mol. The minimum Gasteiger partial charge on any atom is -0.345 e. The van der Waals surface area contributed by atoms with Gasteiger partial charge in [-0.05, 0) is 24.7 Å². The zero-order valence-corrected chi connectivity index (χ0v) is 11.3. The van der Waals surface area contributed by atoms with Crippen molar-refractivity contribution in [3.05, 3.63) is 35.4 Å². The number of nitrogens with zero attached hydrogens (tertiary/aromatic N) is 2. The number of hydrogen-bond donors (Lipinski definition) is 1. The zero-order chi connectivity index (χ0) is 13.1. The van der Waals surface area contributed by atoms with E-state index in [4.69, 9.17) is 0 Å². The van der Waals surface area contributed by atoms with Crippen LogP contribution in [0.1, 0.15) is 22.0 Å². The summed E-state index contributed by atoms with van der Waals surface area (Å²) in [7, 11) is 5.69. The molecule has 0 aromatic heterocycles. The summed E-state index contributed by atoms with van der Waals surface area (Å²) in [5, 5.41) is 3.40. The third kappa shape index (κ3) is 2.71. The molecule has 1 fully saturated rings. The van der Waals surface area contributed by atoms with Crippen LogP contribution >= 0.6 is 0 Å². The fourth-order valence-electron chi connectivity index (χ4n) is 2.32. The second-order valence-corrected chi connectivity index (χ2v) is 5.03. The Hall–Kier alpha value is -1.39. The quantitative estimate of drug-likeness (QED) is 0.845. The zero-order valence-electron chi connectivity index (χ0n) is 11.3. The van der Waals surface area contributed by atoms with E-state index in [9.17, 15) is 4.79 Å². The molecular weight excluding hydrogens is 226 g/mol. The van der Waals surface area contributed by atoms with Gasteiger partial charge in [-0.1, -0.05) is 12.1 Å². The minimum atomic E-state index is 0.0586. The van der Waals surface area contributed by atoms with Crippen LogP contribution in [0.2, 0.25) is 0 Å². The number of benzene rings is 1. The Bertz CT molecular complexity index is 431. The van der Waals surface area contributed by atoms with Crippen LogP contribution in [-0.2, 0) is 0 Å². The van der Waals surface area contributed by atoms with Crippen molar-refractivity contribution in [2.75, 3.05) is 40.8 Å². The van der Waals surface area contributed by atoms with E-state index in [1.54, 1.807) is 19.0 Å². The van der Waals surface area contributed by atoms with Gasteiger partial charge in [0.25, 0.3) is 5.91 Å². The summed E-state index contributed by atoms with van der Waals surface area (Å²) in [4.78, 5) is 15.9. The number of carbonyl (C=O) groups excluding carboxylic acids is 1. The predicted molar refractivity (Wildman–Crippen MR) is 72.7 cm³/mol. The fourth-order valence-corrected chi connectivity index (χ4v) is 2.32. The molecule has 0 bridgehead atoms. The summed E-state index contributed by atoms with van der Waals surface area (Å²) in [6.45, 7) is 3.01. The Balaban J connectivity index is 2.23. The summed E-state index contributed by atoms with van der Waals surface area (Å²) in [6, 6.07) is 8.31. The van der Waals surface area contributed by atoms with Crippen molar-refractivity contribution in [1.82, 2.24) is 15.1 Å². The van der Waals surface area contributed by atoms with Crippen molar-refractivity contribution in [3.63, 3.8) is 0 Å². The Morgan fingerprint density at radius 2 is 2.22 bits per heavy atom. The maximum atomic E-state index is 12.0. The SMILES string of the molecule is CN(C)C(=O)c1cccc([C@@H]2CNCCN2C)c1. The third-order valence-corrected chi connectivity index (χ3v) is 3.44. The van der Waals surface area contributed by atoms with E-state index in [1.807, 2.05) is 18.2 Å². The molecule has 1 aromatic carbocycles. The molecule has 0 spiro atoms. The maximum Gasteiger partial charge on any atom is 0.253 e. The first-order chi connectivity index (χ1) is 8.59. The number of rotatable bonds is 2. The lowest BCUT2D eigenvalue weighted by molar-refractivity contribution is 0.0827. The predicted octanol–water partition coefficient (Wildman–Crippen LogP) is 0.964. The van der Waals surface area contributed by atoms with Gasteiger partial charge in [-0.25, -0.2) is 0 Å². The van der Waals surface area contributed by atoms with E-state index in [1.165, 1.54) is 5.56 Å². The lowest BCUT2D eigenvalue weighted by Crippen LogP contribution is -2.43. The summed E-state index contributed by atoms with van der Waals surface area (Å²) in [6.07, 6.45) is 0. The molecule has 18 heavy (non-hydrogen) atoms. The van der Waals surface area contributed by atoms with E-state index in [0.29, 0.717) is 6.04 Å². The molecule has 1 aromatic rings. The van der Waals surface area contributed by atoms with Crippen LogP contribution < -0.4 is 5.32 Å². The lowest BCUT2D eigenvalue weighted by Gasteiger charge is -2.33. The van der Waals surface area contributed by atoms with Crippen LogP contribution in [0.15, 0.2) is 24.3 Å². The maximum absolute atomic E-state index is 12.0. The van der Waals surface area contributed by atoms with Crippen LogP contribution in [0, 0.1) is 0 Å². The van der Waals surface area contributed by atoms with Gasteiger partial charge in [0.05, 0.1) is 0 Å². The van der Waals surface area contributed by atoms with Crippen LogP contribution in [0.25, 0.3) is 0 Å². The van der Waals surface area contributed by atoms with Crippen molar-refractivity contribution in [1.29, 1.82) is 0 Å². The normalized spacial score (nSPS) is 20.7. The lowest BCUT2D eigenvalue weighted by atomic mass is 10.0. The topological polar surface area (TPSA) is 35.6 Å². The summed E-state index contributed by atoms with van der Waals surface area (Å²) in [5.74, 6) is 0.0586. The third-order valence-electron chi connectivity index (χ3n) is 3.44. The van der Waals surface area contributed by atoms with Crippen LogP contribution in [0.3, 0.4) is 0 Å². The molecule has 0 saturated carbocycles. The molecule has 1 saturated heterocycles.